The molecule has 0 spiro atoms. The third-order valence-electron chi connectivity index (χ3n) is 10.7. The Morgan fingerprint density at radius 1 is 1.08 bits per heavy atom. The standard InChI is InChI=1S/C27H40O10/c1-25-7-5-14(29)9-13(25)3-4-15-16-6-8-27(35,26(16,2)10-17(30)20(15)25)19(31)12-36-24-23(34)22(33)21(32)18(11-28)37-24/h9,15-18,20-24,28,30,32-35H,3-8,10-12H2,1-2H3/t15-,16-,17-,18+,20+,21-,22-,23+,24?,25-,26-,27-/m0/s1. The monoisotopic (exact) mass is 524 g/mol. The number of Topliss-reactive ketones (excluding diaryl/α,β-unsaturated/α-hetero) is 1. The van der Waals surface area contributed by atoms with Crippen molar-refractivity contribution < 1.29 is 49.7 Å². The van der Waals surface area contributed by atoms with Crippen LogP contribution in [0.1, 0.15) is 58.8 Å². The molecule has 0 bridgehead atoms. The van der Waals surface area contributed by atoms with Crippen molar-refractivity contribution in [3.05, 3.63) is 11.6 Å². The average Bonchev–Trinajstić information content (AvgIpc) is 3.13. The first-order valence-corrected chi connectivity index (χ1v) is 13.5. The number of ketones is 2. The van der Waals surface area contributed by atoms with E-state index in [1.54, 1.807) is 6.08 Å². The summed E-state index contributed by atoms with van der Waals surface area (Å²) in [6, 6.07) is 0. The highest BCUT2D eigenvalue weighted by molar-refractivity contribution is 5.92. The van der Waals surface area contributed by atoms with Crippen molar-refractivity contribution in [1.82, 2.24) is 0 Å². The van der Waals surface area contributed by atoms with Crippen LogP contribution in [0, 0.1) is 28.6 Å². The summed E-state index contributed by atoms with van der Waals surface area (Å²) in [5.41, 5.74) is -1.79. The predicted octanol–water partition coefficient (Wildman–Crippen LogP) is -0.394. The van der Waals surface area contributed by atoms with E-state index in [0.29, 0.717) is 19.3 Å². The molecule has 37 heavy (non-hydrogen) atoms. The molecular formula is C27H40O10. The van der Waals surface area contributed by atoms with Gasteiger partial charge < -0.3 is 40.1 Å². The van der Waals surface area contributed by atoms with Gasteiger partial charge in [-0.15, -0.1) is 0 Å². The van der Waals surface area contributed by atoms with Gasteiger partial charge in [-0.2, -0.15) is 0 Å². The molecule has 10 heteroatoms. The van der Waals surface area contributed by atoms with E-state index in [1.165, 1.54) is 0 Å². The maximum atomic E-state index is 13.5. The van der Waals surface area contributed by atoms with E-state index < -0.39 is 66.8 Å². The van der Waals surface area contributed by atoms with Crippen LogP contribution < -0.4 is 0 Å². The lowest BCUT2D eigenvalue weighted by Crippen LogP contribution is -2.62. The molecule has 0 radical (unpaired) electrons. The van der Waals surface area contributed by atoms with Gasteiger partial charge in [0.25, 0.3) is 0 Å². The van der Waals surface area contributed by atoms with E-state index in [2.05, 4.69) is 6.92 Å². The SMILES string of the molecule is C[C@]12CCC(=O)C=C1CC[C@@H]1[C@@H]2[C@@H](O)C[C@@]2(C)[C@H]1CC[C@]2(O)C(=O)COC1O[C@H](CO)[C@H](O)[C@H](O)[C@H]1O. The lowest BCUT2D eigenvalue weighted by atomic mass is 9.45. The highest BCUT2D eigenvalue weighted by atomic mass is 16.7. The van der Waals surface area contributed by atoms with Gasteiger partial charge in [-0.05, 0) is 67.8 Å². The Kier molecular flexibility index (Phi) is 6.98. The minimum atomic E-state index is -1.75. The van der Waals surface area contributed by atoms with Crippen LogP contribution in [0.4, 0.5) is 0 Å². The number of fused-ring (bicyclic) bond motifs is 5. The number of carbonyl (C=O) groups is 2. The van der Waals surface area contributed by atoms with E-state index >= 15 is 0 Å². The number of carbonyl (C=O) groups excluding carboxylic acids is 2. The second kappa shape index (κ2) is 9.45. The van der Waals surface area contributed by atoms with Gasteiger partial charge >= 0.3 is 0 Å². The van der Waals surface area contributed by atoms with Crippen LogP contribution >= 0.6 is 0 Å². The molecule has 1 saturated heterocycles. The highest BCUT2D eigenvalue weighted by Crippen LogP contribution is 2.67. The molecule has 12 atom stereocenters. The summed E-state index contributed by atoms with van der Waals surface area (Å²) in [7, 11) is 0. The fourth-order valence-corrected chi connectivity index (χ4v) is 8.63. The van der Waals surface area contributed by atoms with Crippen LogP contribution in [0.2, 0.25) is 0 Å². The van der Waals surface area contributed by atoms with Crippen molar-refractivity contribution in [2.45, 2.75) is 101 Å². The number of hydrogen-bond acceptors (Lipinski definition) is 10. The maximum absolute atomic E-state index is 13.5. The van der Waals surface area contributed by atoms with Gasteiger partial charge in [-0.3, -0.25) is 9.59 Å². The molecule has 0 aromatic rings. The summed E-state index contributed by atoms with van der Waals surface area (Å²) in [6.07, 6.45) is -2.58. The van der Waals surface area contributed by atoms with Gasteiger partial charge in [0.1, 0.15) is 36.6 Å². The molecule has 10 nitrogen and oxygen atoms in total. The maximum Gasteiger partial charge on any atom is 0.190 e. The Balaban J connectivity index is 1.33. The van der Waals surface area contributed by atoms with Gasteiger partial charge in [0.2, 0.25) is 0 Å². The molecule has 1 heterocycles. The molecule has 6 N–H and O–H groups in total. The third kappa shape index (κ3) is 3.98. The molecule has 0 aromatic heterocycles. The lowest BCUT2D eigenvalue weighted by Gasteiger charge is -2.60. The number of rotatable bonds is 5. The number of aliphatic hydroxyl groups excluding tert-OH is 5. The van der Waals surface area contributed by atoms with E-state index in [4.69, 9.17) is 9.47 Å². The first-order valence-electron chi connectivity index (χ1n) is 13.5. The summed E-state index contributed by atoms with van der Waals surface area (Å²) >= 11 is 0. The van der Waals surface area contributed by atoms with Crippen molar-refractivity contribution >= 4 is 11.6 Å². The Morgan fingerprint density at radius 2 is 1.81 bits per heavy atom. The number of hydrogen-bond donors (Lipinski definition) is 6. The molecular weight excluding hydrogens is 484 g/mol. The van der Waals surface area contributed by atoms with Crippen molar-refractivity contribution in [2.24, 2.45) is 28.6 Å². The van der Waals surface area contributed by atoms with E-state index in [9.17, 15) is 40.2 Å². The van der Waals surface area contributed by atoms with Crippen LogP contribution in [0.3, 0.4) is 0 Å². The number of allylic oxidation sites excluding steroid dienone is 1. The summed E-state index contributed by atoms with van der Waals surface area (Å²) in [6.45, 7) is 2.80. The fraction of sp³-hybridized carbons (Fsp3) is 0.852. The minimum Gasteiger partial charge on any atom is -0.394 e. The van der Waals surface area contributed by atoms with Crippen molar-refractivity contribution in [2.75, 3.05) is 13.2 Å². The Hall–Kier alpha value is -1.24. The van der Waals surface area contributed by atoms with Crippen LogP contribution in [0.25, 0.3) is 0 Å². The fourth-order valence-electron chi connectivity index (χ4n) is 8.63. The topological polar surface area (TPSA) is 174 Å². The van der Waals surface area contributed by atoms with Gasteiger partial charge in [0.05, 0.1) is 12.7 Å². The molecule has 3 saturated carbocycles. The van der Waals surface area contributed by atoms with Gasteiger partial charge in [-0.25, -0.2) is 0 Å². The largest absolute Gasteiger partial charge is 0.394 e. The molecule has 4 fully saturated rings. The van der Waals surface area contributed by atoms with E-state index in [-0.39, 0.29) is 41.8 Å². The average molecular weight is 525 g/mol. The molecule has 1 unspecified atom stereocenters. The van der Waals surface area contributed by atoms with Crippen LogP contribution in [0.15, 0.2) is 11.6 Å². The van der Waals surface area contributed by atoms with E-state index in [1.807, 2.05) is 6.92 Å². The smallest absolute Gasteiger partial charge is 0.190 e. The summed E-state index contributed by atoms with van der Waals surface area (Å²) in [5, 5.41) is 62.8. The molecule has 1 aliphatic heterocycles. The second-order valence-corrected chi connectivity index (χ2v) is 12.4. The molecule has 0 amide bonds. The Morgan fingerprint density at radius 3 is 2.51 bits per heavy atom. The molecule has 5 aliphatic rings. The molecule has 4 aliphatic carbocycles. The quantitative estimate of drug-likeness (QED) is 0.278. The molecule has 0 aromatic carbocycles. The zero-order chi connectivity index (χ0) is 26.9. The second-order valence-electron chi connectivity index (χ2n) is 12.4. The van der Waals surface area contributed by atoms with Gasteiger partial charge in [-0.1, -0.05) is 19.4 Å². The van der Waals surface area contributed by atoms with Gasteiger partial charge in [0.15, 0.2) is 17.9 Å². The van der Waals surface area contributed by atoms with Crippen LogP contribution in [-0.4, -0.2) is 97.8 Å². The van der Waals surface area contributed by atoms with Crippen molar-refractivity contribution in [3.8, 4) is 0 Å². The van der Waals surface area contributed by atoms with Crippen molar-refractivity contribution in [1.29, 1.82) is 0 Å². The zero-order valence-electron chi connectivity index (χ0n) is 21.5. The molecule has 5 rings (SSSR count). The van der Waals surface area contributed by atoms with Crippen LogP contribution in [0.5, 0.6) is 0 Å². The lowest BCUT2D eigenvalue weighted by molar-refractivity contribution is -0.300. The zero-order valence-corrected chi connectivity index (χ0v) is 21.5. The van der Waals surface area contributed by atoms with Crippen LogP contribution in [-0.2, 0) is 19.1 Å². The highest BCUT2D eigenvalue weighted by Gasteiger charge is 2.68. The summed E-state index contributed by atoms with van der Waals surface area (Å²) in [4.78, 5) is 25.5. The number of aliphatic hydroxyl groups is 6. The Bertz CT molecular complexity index is 965. The molecule has 208 valence electrons. The number of ether oxygens (including phenoxy) is 2. The van der Waals surface area contributed by atoms with Crippen molar-refractivity contribution in [3.63, 3.8) is 0 Å². The van der Waals surface area contributed by atoms with Gasteiger partial charge in [0, 0.05) is 11.8 Å². The first kappa shape index (κ1) is 27.3. The Labute approximate surface area is 216 Å². The normalized spacial score (nSPS) is 51.6. The summed E-state index contributed by atoms with van der Waals surface area (Å²) < 4.78 is 10.8. The predicted molar refractivity (Wildman–Crippen MR) is 128 cm³/mol. The minimum absolute atomic E-state index is 0.0121. The first-order chi connectivity index (χ1) is 17.4. The third-order valence-corrected chi connectivity index (χ3v) is 10.7. The summed E-state index contributed by atoms with van der Waals surface area (Å²) in [5.74, 6) is -0.371. The van der Waals surface area contributed by atoms with E-state index in [0.717, 1.165) is 18.4 Å².